The summed E-state index contributed by atoms with van der Waals surface area (Å²) in [7, 11) is 1.54. The molecular formula is C18H20FN3O3. The average Bonchev–Trinajstić information content (AvgIpc) is 2.67. The highest BCUT2D eigenvalue weighted by atomic mass is 19.1. The van der Waals surface area contributed by atoms with Crippen LogP contribution in [0.25, 0.3) is 0 Å². The highest BCUT2D eigenvalue weighted by Gasteiger charge is 2.25. The van der Waals surface area contributed by atoms with E-state index in [-0.39, 0.29) is 18.0 Å². The summed E-state index contributed by atoms with van der Waals surface area (Å²) >= 11 is 0. The quantitative estimate of drug-likeness (QED) is 0.925. The molecule has 1 aliphatic heterocycles. The number of hydrogen-bond acceptors (Lipinski definition) is 4. The molecule has 1 aromatic carbocycles. The zero-order chi connectivity index (χ0) is 17.6. The molecule has 0 aliphatic carbocycles. The van der Waals surface area contributed by atoms with Gasteiger partial charge in [-0.15, -0.1) is 0 Å². The number of hydrogen-bond donors (Lipinski definition) is 1. The van der Waals surface area contributed by atoms with Crippen molar-refractivity contribution in [2.75, 3.05) is 26.8 Å². The van der Waals surface area contributed by atoms with Crippen LogP contribution in [0.5, 0.6) is 5.88 Å². The summed E-state index contributed by atoms with van der Waals surface area (Å²) < 4.78 is 23.9. The summed E-state index contributed by atoms with van der Waals surface area (Å²) in [5, 5.41) is 2.88. The standard InChI is InChI=1S/C18H20FN3O3/c1-24-17-14(3-2-8-20-17)11-21-18(23)22-9-10-25-16(12-22)13-4-6-15(19)7-5-13/h2-8,16H,9-12H2,1H3,(H,21,23). The number of nitrogens with one attached hydrogen (secondary N) is 1. The first-order valence-corrected chi connectivity index (χ1v) is 8.05. The Hall–Kier alpha value is -2.67. The molecule has 1 saturated heterocycles. The van der Waals surface area contributed by atoms with Gasteiger partial charge in [0, 0.05) is 24.8 Å². The zero-order valence-electron chi connectivity index (χ0n) is 13.9. The molecule has 1 N–H and O–H groups in total. The Morgan fingerprint density at radius 1 is 1.40 bits per heavy atom. The summed E-state index contributed by atoms with van der Waals surface area (Å²) in [5.41, 5.74) is 1.66. The zero-order valence-corrected chi connectivity index (χ0v) is 13.9. The van der Waals surface area contributed by atoms with E-state index in [2.05, 4.69) is 10.3 Å². The summed E-state index contributed by atoms with van der Waals surface area (Å²) in [5.74, 6) is 0.202. The molecular weight excluding hydrogens is 325 g/mol. The van der Waals surface area contributed by atoms with Crippen LogP contribution in [0.1, 0.15) is 17.2 Å². The molecule has 1 fully saturated rings. The highest BCUT2D eigenvalue weighted by Crippen LogP contribution is 2.22. The highest BCUT2D eigenvalue weighted by molar-refractivity contribution is 5.74. The van der Waals surface area contributed by atoms with Gasteiger partial charge in [-0.05, 0) is 23.8 Å². The van der Waals surface area contributed by atoms with Crippen molar-refractivity contribution in [3.8, 4) is 5.88 Å². The van der Waals surface area contributed by atoms with Gasteiger partial charge in [-0.3, -0.25) is 0 Å². The Morgan fingerprint density at radius 3 is 2.96 bits per heavy atom. The van der Waals surface area contributed by atoms with Crippen LogP contribution in [0.15, 0.2) is 42.6 Å². The maximum atomic E-state index is 13.1. The third-order valence-corrected chi connectivity index (χ3v) is 4.07. The molecule has 3 rings (SSSR count). The number of benzene rings is 1. The van der Waals surface area contributed by atoms with Gasteiger partial charge in [0.2, 0.25) is 5.88 Å². The van der Waals surface area contributed by atoms with Crippen LogP contribution in [-0.2, 0) is 11.3 Å². The normalized spacial score (nSPS) is 17.2. The van der Waals surface area contributed by atoms with Crippen molar-refractivity contribution in [3.05, 3.63) is 59.5 Å². The van der Waals surface area contributed by atoms with E-state index in [4.69, 9.17) is 9.47 Å². The molecule has 2 amide bonds. The van der Waals surface area contributed by atoms with E-state index in [1.807, 2.05) is 6.07 Å². The van der Waals surface area contributed by atoms with E-state index in [0.29, 0.717) is 32.1 Å². The first-order chi connectivity index (χ1) is 12.2. The molecule has 0 bridgehead atoms. The molecule has 2 heterocycles. The summed E-state index contributed by atoms with van der Waals surface area (Å²) in [6, 6.07) is 9.62. The molecule has 0 saturated carbocycles. The van der Waals surface area contributed by atoms with E-state index in [9.17, 15) is 9.18 Å². The molecule has 1 atom stereocenters. The number of amides is 2. The number of ether oxygens (including phenoxy) is 2. The van der Waals surface area contributed by atoms with Crippen LogP contribution in [0.4, 0.5) is 9.18 Å². The van der Waals surface area contributed by atoms with Crippen LogP contribution in [-0.4, -0.2) is 42.7 Å². The number of nitrogens with zero attached hydrogens (tertiary/aromatic N) is 2. The molecule has 7 heteroatoms. The van der Waals surface area contributed by atoms with Gasteiger partial charge in [-0.2, -0.15) is 0 Å². The predicted octanol–water partition coefficient (Wildman–Crippen LogP) is 2.51. The Labute approximate surface area is 145 Å². The molecule has 0 radical (unpaired) electrons. The summed E-state index contributed by atoms with van der Waals surface area (Å²) in [6.07, 6.45) is 1.38. The number of methoxy groups -OCH3 is 1. The number of urea groups is 1. The lowest BCUT2D eigenvalue weighted by atomic mass is 10.1. The van der Waals surface area contributed by atoms with Crippen LogP contribution < -0.4 is 10.1 Å². The summed E-state index contributed by atoms with van der Waals surface area (Å²) in [4.78, 5) is 18.2. The first-order valence-electron chi connectivity index (χ1n) is 8.05. The molecule has 132 valence electrons. The molecule has 25 heavy (non-hydrogen) atoms. The maximum Gasteiger partial charge on any atom is 0.317 e. The number of morpholine rings is 1. The van der Waals surface area contributed by atoms with Gasteiger partial charge < -0.3 is 19.7 Å². The Balaban J connectivity index is 1.59. The van der Waals surface area contributed by atoms with Crippen LogP contribution in [0.3, 0.4) is 0 Å². The van der Waals surface area contributed by atoms with Crippen molar-refractivity contribution >= 4 is 6.03 Å². The van der Waals surface area contributed by atoms with E-state index in [1.165, 1.54) is 12.1 Å². The van der Waals surface area contributed by atoms with Gasteiger partial charge in [0.15, 0.2) is 0 Å². The van der Waals surface area contributed by atoms with Crippen LogP contribution in [0.2, 0.25) is 0 Å². The lowest BCUT2D eigenvalue weighted by Gasteiger charge is -2.33. The van der Waals surface area contributed by atoms with Crippen molar-refractivity contribution in [2.24, 2.45) is 0 Å². The summed E-state index contributed by atoms with van der Waals surface area (Å²) in [6.45, 7) is 1.69. The topological polar surface area (TPSA) is 63.7 Å². The minimum atomic E-state index is -0.292. The SMILES string of the molecule is COc1ncccc1CNC(=O)N1CCOC(c2ccc(F)cc2)C1. The second-order valence-electron chi connectivity index (χ2n) is 5.69. The van der Waals surface area contributed by atoms with Crippen molar-refractivity contribution in [1.29, 1.82) is 0 Å². The molecule has 0 spiro atoms. The maximum absolute atomic E-state index is 13.1. The van der Waals surface area contributed by atoms with Crippen molar-refractivity contribution < 1.29 is 18.7 Å². The number of rotatable bonds is 4. The van der Waals surface area contributed by atoms with Gasteiger partial charge in [-0.1, -0.05) is 18.2 Å². The monoisotopic (exact) mass is 345 g/mol. The van der Waals surface area contributed by atoms with Crippen molar-refractivity contribution in [1.82, 2.24) is 15.2 Å². The second kappa shape index (κ2) is 7.94. The Kier molecular flexibility index (Phi) is 5.45. The fourth-order valence-corrected chi connectivity index (χ4v) is 2.74. The van der Waals surface area contributed by atoms with Gasteiger partial charge in [0.25, 0.3) is 0 Å². The smallest absolute Gasteiger partial charge is 0.317 e. The first kappa shape index (κ1) is 17.2. The Morgan fingerprint density at radius 2 is 2.20 bits per heavy atom. The predicted molar refractivity (Wildman–Crippen MR) is 89.7 cm³/mol. The number of aromatic nitrogens is 1. The Bertz CT molecular complexity index is 724. The van der Waals surface area contributed by atoms with Gasteiger partial charge in [0.05, 0.1) is 20.3 Å². The van der Waals surface area contributed by atoms with E-state index in [0.717, 1.165) is 11.1 Å². The van der Waals surface area contributed by atoms with Gasteiger partial charge in [-0.25, -0.2) is 14.2 Å². The van der Waals surface area contributed by atoms with Gasteiger partial charge >= 0.3 is 6.03 Å². The third-order valence-electron chi connectivity index (χ3n) is 4.07. The average molecular weight is 345 g/mol. The molecule has 6 nitrogen and oxygen atoms in total. The molecule has 1 aromatic heterocycles. The number of carbonyl (C=O) groups is 1. The number of carbonyl (C=O) groups excluding carboxylic acids is 1. The third kappa shape index (κ3) is 4.24. The van der Waals surface area contributed by atoms with Gasteiger partial charge in [0.1, 0.15) is 11.9 Å². The minimum absolute atomic E-state index is 0.179. The minimum Gasteiger partial charge on any atom is -0.481 e. The molecule has 1 unspecified atom stereocenters. The number of halogens is 1. The van der Waals surface area contributed by atoms with Crippen LogP contribution >= 0.6 is 0 Å². The van der Waals surface area contributed by atoms with Crippen molar-refractivity contribution in [2.45, 2.75) is 12.6 Å². The van der Waals surface area contributed by atoms with E-state index >= 15 is 0 Å². The lowest BCUT2D eigenvalue weighted by molar-refractivity contribution is -0.0155. The van der Waals surface area contributed by atoms with E-state index in [1.54, 1.807) is 36.4 Å². The molecule has 2 aromatic rings. The van der Waals surface area contributed by atoms with E-state index < -0.39 is 0 Å². The number of pyridine rings is 1. The molecule has 1 aliphatic rings. The second-order valence-corrected chi connectivity index (χ2v) is 5.69. The lowest BCUT2D eigenvalue weighted by Crippen LogP contribution is -2.47. The van der Waals surface area contributed by atoms with Crippen LogP contribution in [0, 0.1) is 5.82 Å². The van der Waals surface area contributed by atoms with Crippen molar-refractivity contribution in [3.63, 3.8) is 0 Å². The fraction of sp³-hybridized carbons (Fsp3) is 0.333. The fourth-order valence-electron chi connectivity index (χ4n) is 2.74. The largest absolute Gasteiger partial charge is 0.481 e.